The van der Waals surface area contributed by atoms with Crippen LogP contribution in [0.1, 0.15) is 17.3 Å². The average molecular weight is 231 g/mol. The van der Waals surface area contributed by atoms with Gasteiger partial charge in [-0.2, -0.15) is 0 Å². The number of hydrogen-bond acceptors (Lipinski definition) is 3. The molecule has 4 heteroatoms. The van der Waals surface area contributed by atoms with Gasteiger partial charge in [0, 0.05) is 22.7 Å². The van der Waals surface area contributed by atoms with Crippen molar-refractivity contribution in [2.75, 3.05) is 7.11 Å². The minimum atomic E-state index is -0.333. The monoisotopic (exact) mass is 231 g/mol. The number of para-hydroxylation sites is 1. The Hall–Kier alpha value is -2.10. The zero-order chi connectivity index (χ0) is 12.4. The lowest BCUT2D eigenvalue weighted by atomic mass is 10.1. The summed E-state index contributed by atoms with van der Waals surface area (Å²) >= 11 is 0. The highest BCUT2D eigenvalue weighted by atomic mass is 16.5. The Morgan fingerprint density at radius 2 is 2.00 bits per heavy atom. The molecule has 0 saturated carbocycles. The predicted molar refractivity (Wildman–Crippen MR) is 64.0 cm³/mol. The van der Waals surface area contributed by atoms with Crippen LogP contribution in [0.4, 0.5) is 0 Å². The summed E-state index contributed by atoms with van der Waals surface area (Å²) < 4.78 is 6.36. The second-order valence-corrected chi connectivity index (χ2v) is 3.82. The van der Waals surface area contributed by atoms with Gasteiger partial charge in [-0.1, -0.05) is 18.2 Å². The molecule has 2 aromatic rings. The number of ketones is 1. The Kier molecular flexibility index (Phi) is 2.95. The molecule has 0 N–H and O–H groups in total. The van der Waals surface area contributed by atoms with E-state index in [0.29, 0.717) is 5.56 Å². The van der Waals surface area contributed by atoms with E-state index in [-0.39, 0.29) is 18.3 Å². The normalized spacial score (nSPS) is 10.5. The topological polar surface area (TPSA) is 48.3 Å². The number of ether oxygens (including phenoxy) is 1. The second-order valence-electron chi connectivity index (χ2n) is 3.82. The summed E-state index contributed by atoms with van der Waals surface area (Å²) in [6.45, 7) is 1.63. The predicted octanol–water partition coefficient (Wildman–Crippen LogP) is 2.02. The highest BCUT2D eigenvalue weighted by Crippen LogP contribution is 2.21. The Balaban J connectivity index is 2.56. The molecule has 88 valence electrons. The highest BCUT2D eigenvalue weighted by Gasteiger charge is 2.13. The van der Waals surface area contributed by atoms with E-state index in [0.717, 1.165) is 10.9 Å². The number of esters is 1. The van der Waals surface area contributed by atoms with Crippen molar-refractivity contribution in [2.45, 2.75) is 13.5 Å². The summed E-state index contributed by atoms with van der Waals surface area (Å²) in [6.07, 6.45) is 1.70. The van der Waals surface area contributed by atoms with Crippen molar-refractivity contribution in [3.8, 4) is 0 Å². The molecule has 0 aliphatic rings. The second kappa shape index (κ2) is 4.41. The quantitative estimate of drug-likeness (QED) is 0.599. The van der Waals surface area contributed by atoms with Crippen LogP contribution in [0.3, 0.4) is 0 Å². The first-order valence-electron chi connectivity index (χ1n) is 5.29. The largest absolute Gasteiger partial charge is 0.468 e. The van der Waals surface area contributed by atoms with Crippen molar-refractivity contribution in [3.63, 3.8) is 0 Å². The maximum Gasteiger partial charge on any atom is 0.325 e. The maximum absolute atomic E-state index is 11.5. The Morgan fingerprint density at radius 1 is 1.29 bits per heavy atom. The maximum atomic E-state index is 11.5. The third-order valence-electron chi connectivity index (χ3n) is 2.69. The molecule has 1 heterocycles. The molecule has 0 unspecified atom stereocenters. The molecule has 0 saturated heterocycles. The first kappa shape index (κ1) is 11.4. The van der Waals surface area contributed by atoms with Gasteiger partial charge in [0.25, 0.3) is 0 Å². The number of Topliss-reactive ketones (excluding diaryl/α,β-unsaturated/α-hetero) is 1. The van der Waals surface area contributed by atoms with Crippen LogP contribution in [0.5, 0.6) is 0 Å². The first-order valence-corrected chi connectivity index (χ1v) is 5.29. The van der Waals surface area contributed by atoms with Crippen molar-refractivity contribution < 1.29 is 14.3 Å². The minimum Gasteiger partial charge on any atom is -0.468 e. The van der Waals surface area contributed by atoms with Gasteiger partial charge < -0.3 is 9.30 Å². The number of fused-ring (bicyclic) bond motifs is 1. The summed E-state index contributed by atoms with van der Waals surface area (Å²) in [6, 6.07) is 7.50. The summed E-state index contributed by atoms with van der Waals surface area (Å²) in [4.78, 5) is 22.8. The number of benzene rings is 1. The summed E-state index contributed by atoms with van der Waals surface area (Å²) in [5, 5.41) is 0.865. The molecule has 0 amide bonds. The van der Waals surface area contributed by atoms with E-state index in [1.54, 1.807) is 10.8 Å². The van der Waals surface area contributed by atoms with Gasteiger partial charge >= 0.3 is 5.97 Å². The van der Waals surface area contributed by atoms with Crippen molar-refractivity contribution in [1.82, 2.24) is 4.57 Å². The number of hydrogen-bond donors (Lipinski definition) is 0. The fourth-order valence-electron chi connectivity index (χ4n) is 1.86. The highest BCUT2D eigenvalue weighted by molar-refractivity contribution is 6.07. The van der Waals surface area contributed by atoms with Gasteiger partial charge in [-0.3, -0.25) is 9.59 Å². The molecule has 17 heavy (non-hydrogen) atoms. The SMILES string of the molecule is COC(=O)Cn1cc(C(C)=O)c2ccccc21. The number of carbonyl (C=O) groups is 2. The molecule has 0 aliphatic heterocycles. The number of rotatable bonds is 3. The molecule has 1 aromatic heterocycles. The lowest BCUT2D eigenvalue weighted by Gasteiger charge is -2.02. The van der Waals surface area contributed by atoms with Gasteiger partial charge in [-0.15, -0.1) is 0 Å². The molecule has 0 atom stereocenters. The third-order valence-corrected chi connectivity index (χ3v) is 2.69. The van der Waals surface area contributed by atoms with Crippen molar-refractivity contribution in [3.05, 3.63) is 36.0 Å². The molecule has 2 rings (SSSR count). The van der Waals surface area contributed by atoms with E-state index in [9.17, 15) is 9.59 Å². The third kappa shape index (κ3) is 2.06. The molecule has 0 fully saturated rings. The van der Waals surface area contributed by atoms with E-state index in [2.05, 4.69) is 4.74 Å². The Morgan fingerprint density at radius 3 is 2.65 bits per heavy atom. The molecule has 0 aliphatic carbocycles. The molecular formula is C13H13NO3. The van der Waals surface area contributed by atoms with E-state index < -0.39 is 0 Å². The van der Waals surface area contributed by atoms with E-state index in [1.807, 2.05) is 24.3 Å². The summed E-state index contributed by atoms with van der Waals surface area (Å²) in [5.74, 6) is -0.342. The molecule has 0 bridgehead atoms. The van der Waals surface area contributed by atoms with Crippen LogP contribution in [-0.2, 0) is 16.1 Å². The fraction of sp³-hybridized carbons (Fsp3) is 0.231. The van der Waals surface area contributed by atoms with Crippen LogP contribution >= 0.6 is 0 Å². The summed E-state index contributed by atoms with van der Waals surface area (Å²) in [5.41, 5.74) is 1.49. The molecule has 0 spiro atoms. The average Bonchev–Trinajstić information content (AvgIpc) is 2.68. The van der Waals surface area contributed by atoms with Crippen LogP contribution < -0.4 is 0 Å². The Labute approximate surface area is 98.8 Å². The van der Waals surface area contributed by atoms with Crippen LogP contribution in [0, 0.1) is 0 Å². The van der Waals surface area contributed by atoms with Crippen molar-refractivity contribution in [2.24, 2.45) is 0 Å². The number of nitrogens with zero attached hydrogens (tertiary/aromatic N) is 1. The summed E-state index contributed by atoms with van der Waals surface area (Å²) in [7, 11) is 1.35. The zero-order valence-electron chi connectivity index (χ0n) is 9.77. The van der Waals surface area contributed by atoms with Crippen LogP contribution in [-0.4, -0.2) is 23.4 Å². The molecule has 1 aromatic carbocycles. The number of carbonyl (C=O) groups excluding carboxylic acids is 2. The number of aromatic nitrogens is 1. The van der Waals surface area contributed by atoms with Gasteiger partial charge in [0.2, 0.25) is 0 Å². The molecular weight excluding hydrogens is 218 g/mol. The van der Waals surface area contributed by atoms with Gasteiger partial charge in [0.05, 0.1) is 7.11 Å². The van der Waals surface area contributed by atoms with E-state index in [1.165, 1.54) is 14.0 Å². The molecule has 4 nitrogen and oxygen atoms in total. The van der Waals surface area contributed by atoms with E-state index in [4.69, 9.17) is 0 Å². The lowest BCUT2D eigenvalue weighted by molar-refractivity contribution is -0.141. The zero-order valence-corrected chi connectivity index (χ0v) is 9.77. The van der Waals surface area contributed by atoms with Gasteiger partial charge in [0.1, 0.15) is 6.54 Å². The lowest BCUT2D eigenvalue weighted by Crippen LogP contribution is -2.10. The Bertz CT molecular complexity index is 583. The van der Waals surface area contributed by atoms with Crippen LogP contribution in [0.15, 0.2) is 30.5 Å². The van der Waals surface area contributed by atoms with Crippen LogP contribution in [0.2, 0.25) is 0 Å². The minimum absolute atomic E-state index is 0.00943. The van der Waals surface area contributed by atoms with Gasteiger partial charge in [-0.05, 0) is 13.0 Å². The molecule has 0 radical (unpaired) electrons. The first-order chi connectivity index (χ1) is 8.13. The van der Waals surface area contributed by atoms with Gasteiger partial charge in [0.15, 0.2) is 5.78 Å². The standard InChI is InChI=1S/C13H13NO3/c1-9(15)11-7-14(8-13(16)17-2)12-6-4-3-5-10(11)12/h3-7H,8H2,1-2H3. The smallest absolute Gasteiger partial charge is 0.325 e. The van der Waals surface area contributed by atoms with Gasteiger partial charge in [-0.25, -0.2) is 0 Å². The van der Waals surface area contributed by atoms with Crippen LogP contribution in [0.25, 0.3) is 10.9 Å². The van der Waals surface area contributed by atoms with Crippen molar-refractivity contribution in [1.29, 1.82) is 0 Å². The van der Waals surface area contributed by atoms with E-state index >= 15 is 0 Å². The van der Waals surface area contributed by atoms with Crippen molar-refractivity contribution >= 4 is 22.7 Å². The number of methoxy groups -OCH3 is 1. The fourth-order valence-corrected chi connectivity index (χ4v) is 1.86.